The molecule has 2 fully saturated rings. The number of piperazine rings is 1. The molecule has 2 aliphatic heterocycles. The largest absolute Gasteiger partial charge is 0.300 e. The van der Waals surface area contributed by atoms with Crippen LogP contribution in [0.1, 0.15) is 12.8 Å². The van der Waals surface area contributed by atoms with E-state index in [9.17, 15) is 4.21 Å². The molecule has 0 spiro atoms. The lowest BCUT2D eigenvalue weighted by Crippen LogP contribution is -2.50. The van der Waals surface area contributed by atoms with Gasteiger partial charge in [0.2, 0.25) is 0 Å². The molecule has 0 aromatic carbocycles. The van der Waals surface area contributed by atoms with E-state index < -0.39 is 10.8 Å². The van der Waals surface area contributed by atoms with Gasteiger partial charge in [-0.05, 0) is 19.4 Å². The minimum atomic E-state index is -0.629. The summed E-state index contributed by atoms with van der Waals surface area (Å²) in [5, 5.41) is 0. The fourth-order valence-electron chi connectivity index (χ4n) is 2.52. The van der Waals surface area contributed by atoms with Gasteiger partial charge in [-0.2, -0.15) is 0 Å². The normalized spacial score (nSPS) is 31.6. The fraction of sp³-hybridized carbons (Fsp3) is 1.00. The van der Waals surface area contributed by atoms with Crippen molar-refractivity contribution in [2.24, 2.45) is 0 Å². The minimum Gasteiger partial charge on any atom is -0.300 e. The molecule has 2 aliphatic rings. The van der Waals surface area contributed by atoms with Gasteiger partial charge in [0.15, 0.2) is 0 Å². The smallest absolute Gasteiger partial charge is 0.0359 e. The van der Waals surface area contributed by atoms with Crippen molar-refractivity contribution in [1.82, 2.24) is 9.80 Å². The second kappa shape index (κ2) is 4.73. The Balaban J connectivity index is 1.77. The quantitative estimate of drug-likeness (QED) is 0.671. The second-order valence-electron chi connectivity index (χ2n) is 4.41. The van der Waals surface area contributed by atoms with Crippen LogP contribution in [0, 0.1) is 0 Å². The highest BCUT2D eigenvalue weighted by Gasteiger charge is 2.29. The SMILES string of the molecule is CS(=O)CCN1CCN2CCCC2C1. The third-order valence-corrected chi connectivity index (χ3v) is 4.12. The van der Waals surface area contributed by atoms with E-state index in [2.05, 4.69) is 9.80 Å². The third-order valence-electron chi connectivity index (χ3n) is 3.37. The van der Waals surface area contributed by atoms with Gasteiger partial charge in [0.25, 0.3) is 0 Å². The van der Waals surface area contributed by atoms with Crippen molar-refractivity contribution >= 4 is 10.8 Å². The first-order valence-electron chi connectivity index (χ1n) is 5.52. The predicted molar refractivity (Wildman–Crippen MR) is 60.0 cm³/mol. The molecule has 0 aromatic heterocycles. The van der Waals surface area contributed by atoms with E-state index in [1.54, 1.807) is 6.26 Å². The Labute approximate surface area is 88.9 Å². The molecule has 3 nitrogen and oxygen atoms in total. The van der Waals surface area contributed by atoms with Crippen LogP contribution < -0.4 is 0 Å². The number of fused-ring (bicyclic) bond motifs is 1. The zero-order valence-corrected chi connectivity index (χ0v) is 9.76. The molecule has 0 radical (unpaired) electrons. The first-order valence-corrected chi connectivity index (χ1v) is 7.25. The standard InChI is InChI=1S/C10H20N2OS/c1-14(13)8-7-11-5-6-12-4-2-3-10(12)9-11/h10H,2-9H2,1H3. The molecule has 4 heteroatoms. The first kappa shape index (κ1) is 10.6. The van der Waals surface area contributed by atoms with E-state index >= 15 is 0 Å². The van der Waals surface area contributed by atoms with E-state index in [4.69, 9.17) is 0 Å². The highest BCUT2D eigenvalue weighted by Crippen LogP contribution is 2.20. The van der Waals surface area contributed by atoms with Crippen LogP contribution in [0.25, 0.3) is 0 Å². The van der Waals surface area contributed by atoms with Gasteiger partial charge in [0, 0.05) is 55.0 Å². The number of hydrogen-bond donors (Lipinski definition) is 0. The Bertz CT molecular complexity index is 222. The van der Waals surface area contributed by atoms with Crippen molar-refractivity contribution in [2.45, 2.75) is 18.9 Å². The molecule has 0 amide bonds. The number of nitrogens with zero attached hydrogens (tertiary/aromatic N) is 2. The van der Waals surface area contributed by atoms with E-state index in [1.807, 2.05) is 0 Å². The lowest BCUT2D eigenvalue weighted by Gasteiger charge is -2.37. The highest BCUT2D eigenvalue weighted by molar-refractivity contribution is 7.84. The summed E-state index contributed by atoms with van der Waals surface area (Å²) in [5.41, 5.74) is 0. The van der Waals surface area contributed by atoms with Crippen LogP contribution in [0.5, 0.6) is 0 Å². The van der Waals surface area contributed by atoms with Crippen molar-refractivity contribution in [3.05, 3.63) is 0 Å². The van der Waals surface area contributed by atoms with Crippen LogP contribution in [-0.2, 0) is 10.8 Å². The van der Waals surface area contributed by atoms with Gasteiger partial charge >= 0.3 is 0 Å². The van der Waals surface area contributed by atoms with Crippen LogP contribution in [-0.4, -0.2) is 64.8 Å². The van der Waals surface area contributed by atoms with Gasteiger partial charge in [-0.3, -0.25) is 14.0 Å². The maximum Gasteiger partial charge on any atom is 0.0359 e. The summed E-state index contributed by atoms with van der Waals surface area (Å²) in [5.74, 6) is 0.840. The molecule has 2 rings (SSSR count). The Kier molecular flexibility index (Phi) is 3.57. The molecule has 2 heterocycles. The molecule has 0 bridgehead atoms. The summed E-state index contributed by atoms with van der Waals surface area (Å²) in [7, 11) is -0.629. The Hall–Kier alpha value is 0.0700. The molecule has 2 unspecified atom stereocenters. The molecule has 82 valence electrons. The monoisotopic (exact) mass is 216 g/mol. The summed E-state index contributed by atoms with van der Waals surface area (Å²) in [4.78, 5) is 5.09. The van der Waals surface area contributed by atoms with Gasteiger partial charge in [-0.15, -0.1) is 0 Å². The van der Waals surface area contributed by atoms with Crippen molar-refractivity contribution < 1.29 is 4.21 Å². The fourth-order valence-corrected chi connectivity index (χ4v) is 3.03. The van der Waals surface area contributed by atoms with Crippen LogP contribution in [0.15, 0.2) is 0 Å². The Morgan fingerprint density at radius 2 is 2.21 bits per heavy atom. The molecule has 0 N–H and O–H groups in total. The summed E-state index contributed by atoms with van der Waals surface area (Å²) in [6.45, 7) is 5.93. The van der Waals surface area contributed by atoms with E-state index in [0.29, 0.717) is 0 Å². The third kappa shape index (κ3) is 2.55. The molecule has 2 saturated heterocycles. The van der Waals surface area contributed by atoms with Crippen molar-refractivity contribution in [1.29, 1.82) is 0 Å². The predicted octanol–water partition coefficient (Wildman–Crippen LogP) is 0.145. The van der Waals surface area contributed by atoms with Crippen molar-refractivity contribution in [3.8, 4) is 0 Å². The van der Waals surface area contributed by atoms with Crippen LogP contribution in [0.4, 0.5) is 0 Å². The minimum absolute atomic E-state index is 0.629. The van der Waals surface area contributed by atoms with Gasteiger partial charge in [0.05, 0.1) is 0 Å². The highest BCUT2D eigenvalue weighted by atomic mass is 32.2. The maximum absolute atomic E-state index is 11.0. The lowest BCUT2D eigenvalue weighted by atomic mass is 10.1. The summed E-state index contributed by atoms with van der Waals surface area (Å²) in [6.07, 6.45) is 4.54. The van der Waals surface area contributed by atoms with Crippen LogP contribution in [0.3, 0.4) is 0 Å². The van der Waals surface area contributed by atoms with E-state index in [0.717, 1.165) is 18.3 Å². The topological polar surface area (TPSA) is 23.6 Å². The van der Waals surface area contributed by atoms with Gasteiger partial charge < -0.3 is 0 Å². The number of hydrogen-bond acceptors (Lipinski definition) is 3. The lowest BCUT2D eigenvalue weighted by molar-refractivity contribution is 0.110. The van der Waals surface area contributed by atoms with Crippen LogP contribution >= 0.6 is 0 Å². The average molecular weight is 216 g/mol. The van der Waals surface area contributed by atoms with Gasteiger partial charge in [-0.25, -0.2) is 0 Å². The number of rotatable bonds is 3. The Morgan fingerprint density at radius 1 is 1.36 bits per heavy atom. The second-order valence-corrected chi connectivity index (χ2v) is 5.96. The molecule has 0 saturated carbocycles. The zero-order valence-electron chi connectivity index (χ0n) is 8.95. The molecular formula is C10H20N2OS. The Morgan fingerprint density at radius 3 is 3.00 bits per heavy atom. The van der Waals surface area contributed by atoms with Crippen LogP contribution in [0.2, 0.25) is 0 Å². The van der Waals surface area contributed by atoms with Gasteiger partial charge in [-0.1, -0.05) is 0 Å². The maximum atomic E-state index is 11.0. The molecule has 0 aliphatic carbocycles. The molecule has 14 heavy (non-hydrogen) atoms. The summed E-state index contributed by atoms with van der Waals surface area (Å²) < 4.78 is 11.0. The van der Waals surface area contributed by atoms with E-state index in [-0.39, 0.29) is 0 Å². The van der Waals surface area contributed by atoms with E-state index in [1.165, 1.54) is 39.0 Å². The van der Waals surface area contributed by atoms with Gasteiger partial charge in [0.1, 0.15) is 0 Å². The first-order chi connectivity index (χ1) is 6.75. The average Bonchev–Trinajstić information content (AvgIpc) is 2.61. The van der Waals surface area contributed by atoms with Crippen molar-refractivity contribution in [2.75, 3.05) is 44.7 Å². The summed E-state index contributed by atoms with van der Waals surface area (Å²) in [6, 6.07) is 0.800. The van der Waals surface area contributed by atoms with Crippen molar-refractivity contribution in [3.63, 3.8) is 0 Å². The zero-order chi connectivity index (χ0) is 9.97. The molecule has 0 aromatic rings. The molecular weight excluding hydrogens is 196 g/mol. The molecule has 2 atom stereocenters. The summed E-state index contributed by atoms with van der Waals surface area (Å²) >= 11 is 0.